The fourth-order valence-corrected chi connectivity index (χ4v) is 2.89. The van der Waals surface area contributed by atoms with Crippen LogP contribution in [0.2, 0.25) is 0 Å². The maximum atomic E-state index is 12.3. The quantitative estimate of drug-likeness (QED) is 0.724. The molecule has 0 aliphatic heterocycles. The van der Waals surface area contributed by atoms with E-state index >= 15 is 0 Å². The lowest BCUT2D eigenvalue weighted by Crippen LogP contribution is -2.27. The molecule has 1 amide bonds. The smallest absolute Gasteiger partial charge is 0.422 e. The Labute approximate surface area is 163 Å². The van der Waals surface area contributed by atoms with E-state index in [1.165, 1.54) is 12.3 Å². The third-order valence-electron chi connectivity index (χ3n) is 4.64. The molecule has 2 unspecified atom stereocenters. The minimum absolute atomic E-state index is 0.0329. The topological polar surface area (TPSA) is 51.2 Å². The summed E-state index contributed by atoms with van der Waals surface area (Å²) in [6.45, 7) is 7.00. The van der Waals surface area contributed by atoms with E-state index in [0.29, 0.717) is 11.6 Å². The Morgan fingerprint density at radius 2 is 2.04 bits per heavy atom. The van der Waals surface area contributed by atoms with Gasteiger partial charge in [0.15, 0.2) is 6.61 Å². The van der Waals surface area contributed by atoms with E-state index in [1.54, 1.807) is 13.0 Å². The molecule has 0 bridgehead atoms. The molecule has 1 aromatic heterocycles. The van der Waals surface area contributed by atoms with E-state index in [-0.39, 0.29) is 29.5 Å². The van der Waals surface area contributed by atoms with Gasteiger partial charge in [0.2, 0.25) is 5.91 Å². The predicted molar refractivity (Wildman–Crippen MR) is 102 cm³/mol. The molecule has 0 aromatic carbocycles. The van der Waals surface area contributed by atoms with Gasteiger partial charge in [-0.05, 0) is 42.4 Å². The molecule has 0 fully saturated rings. The number of ether oxygens (including phenoxy) is 1. The van der Waals surface area contributed by atoms with Crippen molar-refractivity contribution in [3.63, 3.8) is 0 Å². The molecular formula is C21H27F3N2O2. The van der Waals surface area contributed by atoms with Gasteiger partial charge < -0.3 is 10.1 Å². The van der Waals surface area contributed by atoms with Crippen LogP contribution >= 0.6 is 0 Å². The molecule has 4 nitrogen and oxygen atoms in total. The highest BCUT2D eigenvalue weighted by Crippen LogP contribution is 2.33. The highest BCUT2D eigenvalue weighted by molar-refractivity contribution is 5.79. The maximum Gasteiger partial charge on any atom is 0.422 e. The number of nitrogens with one attached hydrogen (secondary N) is 1. The van der Waals surface area contributed by atoms with Crippen LogP contribution in [0.5, 0.6) is 5.75 Å². The van der Waals surface area contributed by atoms with Crippen molar-refractivity contribution < 1.29 is 22.7 Å². The Hall–Kier alpha value is -2.31. The van der Waals surface area contributed by atoms with Crippen molar-refractivity contribution in [2.45, 2.75) is 52.8 Å². The summed E-state index contributed by atoms with van der Waals surface area (Å²) < 4.78 is 41.1. The lowest BCUT2D eigenvalue weighted by atomic mass is 9.76. The highest BCUT2D eigenvalue weighted by Gasteiger charge is 2.28. The van der Waals surface area contributed by atoms with Gasteiger partial charge in [-0.2, -0.15) is 13.2 Å². The number of allylic oxidation sites excluding steroid dienone is 3. The number of hydrogen-bond donors (Lipinski definition) is 1. The number of carbonyl (C=O) groups excluding carboxylic acids is 1. The number of nitrogens with zero attached hydrogens (tertiary/aromatic N) is 1. The summed E-state index contributed by atoms with van der Waals surface area (Å²) in [4.78, 5) is 16.4. The first-order valence-electron chi connectivity index (χ1n) is 9.26. The molecule has 1 aliphatic rings. The zero-order valence-corrected chi connectivity index (χ0v) is 16.6. The van der Waals surface area contributed by atoms with Crippen LogP contribution in [-0.2, 0) is 4.79 Å². The average Bonchev–Trinajstić information content (AvgIpc) is 2.59. The van der Waals surface area contributed by atoms with Crippen molar-refractivity contribution in [2.75, 3.05) is 6.61 Å². The van der Waals surface area contributed by atoms with E-state index < -0.39 is 12.8 Å². The Balaban J connectivity index is 1.84. The van der Waals surface area contributed by atoms with Crippen LogP contribution in [0.4, 0.5) is 13.2 Å². The van der Waals surface area contributed by atoms with E-state index in [0.717, 1.165) is 12.0 Å². The molecule has 0 spiro atoms. The second-order valence-electron chi connectivity index (χ2n) is 8.13. The normalized spacial score (nSPS) is 18.4. The summed E-state index contributed by atoms with van der Waals surface area (Å²) in [7, 11) is 0. The summed E-state index contributed by atoms with van der Waals surface area (Å²) in [6.07, 6.45) is 4.30. The number of aromatic nitrogens is 1. The summed E-state index contributed by atoms with van der Waals surface area (Å²) in [6, 6.07) is 2.60. The molecule has 1 heterocycles. The molecule has 0 saturated heterocycles. The van der Waals surface area contributed by atoms with Gasteiger partial charge in [0.25, 0.3) is 0 Å². The fourth-order valence-electron chi connectivity index (χ4n) is 2.89. The van der Waals surface area contributed by atoms with Crippen molar-refractivity contribution in [1.82, 2.24) is 10.3 Å². The van der Waals surface area contributed by atoms with Crippen LogP contribution in [0.3, 0.4) is 0 Å². The SMILES string of the molecule is CC(NC(=O)CC1=CCC(C(C)(C)C)C=C1)c1ccc(OCC(F)(F)F)cn1. The second-order valence-corrected chi connectivity index (χ2v) is 8.13. The van der Waals surface area contributed by atoms with Gasteiger partial charge in [-0.1, -0.05) is 39.0 Å². The summed E-state index contributed by atoms with van der Waals surface area (Å²) in [5, 5.41) is 2.86. The molecule has 1 N–H and O–H groups in total. The van der Waals surface area contributed by atoms with Crippen molar-refractivity contribution in [2.24, 2.45) is 11.3 Å². The van der Waals surface area contributed by atoms with Crippen molar-refractivity contribution >= 4 is 5.91 Å². The van der Waals surface area contributed by atoms with Gasteiger partial charge in [-0.25, -0.2) is 0 Å². The predicted octanol–water partition coefficient (Wildman–Crippen LogP) is 5.14. The molecule has 7 heteroatoms. The molecular weight excluding hydrogens is 369 g/mol. The Kier molecular flexibility index (Phi) is 6.91. The number of alkyl halides is 3. The fraction of sp³-hybridized carbons (Fsp3) is 0.524. The van der Waals surface area contributed by atoms with Crippen molar-refractivity contribution in [3.8, 4) is 5.75 Å². The molecule has 28 heavy (non-hydrogen) atoms. The monoisotopic (exact) mass is 396 g/mol. The number of carbonyl (C=O) groups is 1. The van der Waals surface area contributed by atoms with Gasteiger partial charge in [0.1, 0.15) is 5.75 Å². The van der Waals surface area contributed by atoms with Crippen LogP contribution in [0.15, 0.2) is 42.1 Å². The summed E-state index contributed by atoms with van der Waals surface area (Å²) in [5.74, 6) is 0.364. The van der Waals surface area contributed by atoms with Gasteiger partial charge in [-0.15, -0.1) is 0 Å². The van der Waals surface area contributed by atoms with Gasteiger partial charge >= 0.3 is 6.18 Å². The van der Waals surface area contributed by atoms with Crippen LogP contribution in [0.25, 0.3) is 0 Å². The zero-order valence-electron chi connectivity index (χ0n) is 16.6. The molecule has 154 valence electrons. The minimum atomic E-state index is -4.39. The molecule has 0 radical (unpaired) electrons. The zero-order chi connectivity index (χ0) is 20.9. The lowest BCUT2D eigenvalue weighted by Gasteiger charge is -2.29. The van der Waals surface area contributed by atoms with Gasteiger partial charge in [0.05, 0.1) is 24.4 Å². The number of amides is 1. The van der Waals surface area contributed by atoms with Crippen LogP contribution in [0, 0.1) is 11.3 Å². The van der Waals surface area contributed by atoms with Gasteiger partial charge in [-0.3, -0.25) is 9.78 Å². The Morgan fingerprint density at radius 3 is 2.54 bits per heavy atom. The number of halogens is 3. The second kappa shape index (κ2) is 8.80. The third kappa shape index (κ3) is 7.02. The first kappa shape index (κ1) is 22.0. The van der Waals surface area contributed by atoms with E-state index in [9.17, 15) is 18.0 Å². The largest absolute Gasteiger partial charge is 0.483 e. The van der Waals surface area contributed by atoms with E-state index in [2.05, 4.69) is 48.0 Å². The van der Waals surface area contributed by atoms with Crippen molar-refractivity contribution in [1.29, 1.82) is 0 Å². The highest BCUT2D eigenvalue weighted by atomic mass is 19.4. The Morgan fingerprint density at radius 1 is 1.32 bits per heavy atom. The third-order valence-corrected chi connectivity index (χ3v) is 4.64. The Bertz CT molecular complexity index is 732. The van der Waals surface area contributed by atoms with Crippen molar-refractivity contribution in [3.05, 3.63) is 47.8 Å². The maximum absolute atomic E-state index is 12.3. The molecule has 1 aliphatic carbocycles. The standard InChI is InChI=1S/C21H27F3N2O2/c1-14(18-10-9-17(12-25-18)28-13-21(22,23)24)26-19(27)11-15-5-7-16(8-6-15)20(2,3)4/h5-7,9-10,12,14,16H,8,11,13H2,1-4H3,(H,26,27). The number of pyridine rings is 1. The number of hydrogen-bond acceptors (Lipinski definition) is 3. The van der Waals surface area contributed by atoms with E-state index in [1.807, 2.05) is 6.08 Å². The average molecular weight is 396 g/mol. The first-order valence-corrected chi connectivity index (χ1v) is 9.26. The minimum Gasteiger partial charge on any atom is -0.483 e. The van der Waals surface area contributed by atoms with Crippen LogP contribution < -0.4 is 10.1 Å². The van der Waals surface area contributed by atoms with Gasteiger partial charge in [0, 0.05) is 0 Å². The summed E-state index contributed by atoms with van der Waals surface area (Å²) in [5.41, 5.74) is 1.72. The van der Waals surface area contributed by atoms with Crippen LogP contribution in [0.1, 0.15) is 52.3 Å². The first-order chi connectivity index (χ1) is 12.9. The van der Waals surface area contributed by atoms with Crippen LogP contribution in [-0.4, -0.2) is 23.7 Å². The molecule has 0 saturated carbocycles. The summed E-state index contributed by atoms with van der Waals surface area (Å²) >= 11 is 0. The number of rotatable bonds is 6. The molecule has 2 rings (SSSR count). The molecule has 2 atom stereocenters. The lowest BCUT2D eigenvalue weighted by molar-refractivity contribution is -0.153. The molecule has 1 aromatic rings. The van der Waals surface area contributed by atoms with E-state index in [4.69, 9.17) is 0 Å².